The van der Waals surface area contributed by atoms with Crippen LogP contribution in [0.4, 0.5) is 0 Å². The zero-order valence-electron chi connectivity index (χ0n) is 34.1. The third kappa shape index (κ3) is 9.33. The van der Waals surface area contributed by atoms with Gasteiger partial charge in [0.1, 0.15) is 11.5 Å². The lowest BCUT2D eigenvalue weighted by atomic mass is 9.47. The van der Waals surface area contributed by atoms with Gasteiger partial charge < -0.3 is 14.2 Å². The number of allylic oxidation sites excluding steroid dienone is 1. The van der Waals surface area contributed by atoms with Gasteiger partial charge in [-0.2, -0.15) is 0 Å². The third-order valence-corrected chi connectivity index (χ3v) is 14.7. The maximum absolute atomic E-state index is 6.56. The predicted octanol–water partition coefficient (Wildman–Crippen LogP) is 13.9. The Labute approximate surface area is 319 Å². The summed E-state index contributed by atoms with van der Waals surface area (Å²) in [6.07, 6.45) is 25.4. The van der Waals surface area contributed by atoms with E-state index in [0.29, 0.717) is 16.9 Å². The van der Waals surface area contributed by atoms with E-state index >= 15 is 0 Å². The minimum atomic E-state index is 0.417. The van der Waals surface area contributed by atoms with Crippen molar-refractivity contribution in [2.75, 3.05) is 19.8 Å². The quantitative estimate of drug-likeness (QED) is 0.107. The second-order valence-corrected chi connectivity index (χ2v) is 18.5. The molecule has 0 saturated heterocycles. The summed E-state index contributed by atoms with van der Waals surface area (Å²) >= 11 is 0. The molecule has 3 nitrogen and oxygen atoms in total. The van der Waals surface area contributed by atoms with Crippen molar-refractivity contribution in [1.82, 2.24) is 0 Å². The molecular weight excluding hydrogens is 637 g/mol. The largest absolute Gasteiger partial charge is 0.494 e. The fraction of sp³-hybridized carbons (Fsp3) is 0.714. The van der Waals surface area contributed by atoms with Gasteiger partial charge in [-0.05, 0) is 159 Å². The van der Waals surface area contributed by atoms with Gasteiger partial charge in [-0.1, -0.05) is 110 Å². The molecule has 2 aromatic carbocycles. The molecule has 8 atom stereocenters. The minimum absolute atomic E-state index is 0.417. The molecule has 0 aliphatic heterocycles. The van der Waals surface area contributed by atoms with E-state index in [1.54, 1.807) is 5.57 Å². The van der Waals surface area contributed by atoms with Crippen molar-refractivity contribution in [1.29, 1.82) is 0 Å². The molecule has 3 heteroatoms. The van der Waals surface area contributed by atoms with Crippen molar-refractivity contribution >= 4 is 0 Å². The molecule has 3 fully saturated rings. The molecule has 4 aliphatic carbocycles. The van der Waals surface area contributed by atoms with Crippen molar-refractivity contribution in [2.45, 2.75) is 157 Å². The van der Waals surface area contributed by atoms with E-state index in [4.69, 9.17) is 14.2 Å². The van der Waals surface area contributed by atoms with Crippen molar-refractivity contribution in [3.05, 3.63) is 60.2 Å². The Morgan fingerprint density at radius 2 is 1.33 bits per heavy atom. The van der Waals surface area contributed by atoms with Gasteiger partial charge in [-0.25, -0.2) is 0 Å². The van der Waals surface area contributed by atoms with Crippen LogP contribution in [0.1, 0.15) is 151 Å². The van der Waals surface area contributed by atoms with Crippen molar-refractivity contribution in [3.8, 4) is 22.6 Å². The lowest BCUT2D eigenvalue weighted by molar-refractivity contribution is -0.0641. The molecule has 3 saturated carbocycles. The summed E-state index contributed by atoms with van der Waals surface area (Å²) in [5, 5.41) is 0. The first-order valence-electron chi connectivity index (χ1n) is 22.0. The van der Waals surface area contributed by atoms with Gasteiger partial charge in [-0.15, -0.1) is 0 Å². The normalized spacial score (nSPS) is 30.3. The van der Waals surface area contributed by atoms with Gasteiger partial charge in [-0.3, -0.25) is 0 Å². The first-order chi connectivity index (χ1) is 25.2. The maximum atomic E-state index is 6.56. The number of hydrogen-bond acceptors (Lipinski definition) is 3. The molecule has 4 aliphatic rings. The standard InChI is InChI=1S/C49H74O3/c1-7-8-32-50-41-21-16-38(17-22-41)39-18-23-42(24-19-39)51-33-11-9-10-12-34-52-43-28-30-48(5)40(35-43)20-25-44-46-27-26-45(37(4)15-13-14-36(2)3)49(46,6)31-29-47(44)48/h16-24,36-37,43-47H,7-15,25-35H2,1-6H3/t37-,43+,44+,45-,46+,47+,48+,49-/m1/s1. The van der Waals surface area contributed by atoms with Crippen LogP contribution in [0.2, 0.25) is 0 Å². The second kappa shape index (κ2) is 18.4. The van der Waals surface area contributed by atoms with Crippen LogP contribution in [0.25, 0.3) is 11.1 Å². The number of ether oxygens (including phenoxy) is 3. The zero-order valence-corrected chi connectivity index (χ0v) is 34.1. The van der Waals surface area contributed by atoms with Crippen LogP contribution in [0, 0.1) is 46.3 Å². The Balaban J connectivity index is 0.868. The molecular formula is C49H74O3. The Morgan fingerprint density at radius 3 is 1.98 bits per heavy atom. The summed E-state index contributed by atoms with van der Waals surface area (Å²) < 4.78 is 18.4. The van der Waals surface area contributed by atoms with E-state index < -0.39 is 0 Å². The molecule has 288 valence electrons. The Hall–Kier alpha value is -2.26. The smallest absolute Gasteiger partial charge is 0.119 e. The van der Waals surface area contributed by atoms with E-state index in [2.05, 4.69) is 96.1 Å². The van der Waals surface area contributed by atoms with E-state index in [9.17, 15) is 0 Å². The monoisotopic (exact) mass is 711 g/mol. The first kappa shape index (κ1) is 39.4. The number of hydrogen-bond donors (Lipinski definition) is 0. The predicted molar refractivity (Wildman–Crippen MR) is 219 cm³/mol. The molecule has 0 unspecified atom stereocenters. The van der Waals surface area contributed by atoms with Gasteiger partial charge in [0, 0.05) is 6.61 Å². The molecule has 6 rings (SSSR count). The van der Waals surface area contributed by atoms with Crippen LogP contribution < -0.4 is 9.47 Å². The van der Waals surface area contributed by atoms with Crippen molar-refractivity contribution in [3.63, 3.8) is 0 Å². The van der Waals surface area contributed by atoms with Crippen LogP contribution in [-0.4, -0.2) is 25.9 Å². The fourth-order valence-corrected chi connectivity index (χ4v) is 11.6. The lowest BCUT2D eigenvalue weighted by Gasteiger charge is -2.58. The Kier molecular flexibility index (Phi) is 13.9. The highest BCUT2D eigenvalue weighted by atomic mass is 16.5. The molecule has 52 heavy (non-hydrogen) atoms. The molecule has 0 bridgehead atoms. The average molecular weight is 711 g/mol. The summed E-state index contributed by atoms with van der Waals surface area (Å²) in [6, 6.07) is 16.9. The van der Waals surface area contributed by atoms with E-state index in [0.717, 1.165) is 92.5 Å². The van der Waals surface area contributed by atoms with Crippen LogP contribution in [0.3, 0.4) is 0 Å². The highest BCUT2D eigenvalue weighted by molar-refractivity contribution is 5.64. The summed E-state index contributed by atoms with van der Waals surface area (Å²) in [6.45, 7) is 17.4. The number of fused-ring (bicyclic) bond motifs is 5. The van der Waals surface area contributed by atoms with Gasteiger partial charge >= 0.3 is 0 Å². The summed E-state index contributed by atoms with van der Waals surface area (Å²) in [5.41, 5.74) is 5.17. The molecule has 0 N–H and O–H groups in total. The molecule has 0 heterocycles. The van der Waals surface area contributed by atoms with Crippen LogP contribution in [0.5, 0.6) is 11.5 Å². The Bertz CT molecular complexity index is 1390. The topological polar surface area (TPSA) is 27.7 Å². The summed E-state index contributed by atoms with van der Waals surface area (Å²) in [4.78, 5) is 0. The average Bonchev–Trinajstić information content (AvgIpc) is 3.50. The summed E-state index contributed by atoms with van der Waals surface area (Å²) in [5.74, 6) is 7.35. The van der Waals surface area contributed by atoms with Crippen molar-refractivity contribution in [2.24, 2.45) is 46.3 Å². The van der Waals surface area contributed by atoms with Crippen LogP contribution in [-0.2, 0) is 4.74 Å². The molecule has 2 aromatic rings. The van der Waals surface area contributed by atoms with Crippen molar-refractivity contribution < 1.29 is 14.2 Å². The fourth-order valence-electron chi connectivity index (χ4n) is 11.6. The highest BCUT2D eigenvalue weighted by Gasteiger charge is 2.59. The molecule has 0 spiro atoms. The van der Waals surface area contributed by atoms with Gasteiger partial charge in [0.15, 0.2) is 0 Å². The van der Waals surface area contributed by atoms with Gasteiger partial charge in [0.05, 0.1) is 19.3 Å². The second-order valence-electron chi connectivity index (χ2n) is 18.5. The summed E-state index contributed by atoms with van der Waals surface area (Å²) in [7, 11) is 0. The lowest BCUT2D eigenvalue weighted by Crippen LogP contribution is -2.51. The van der Waals surface area contributed by atoms with Crippen LogP contribution >= 0.6 is 0 Å². The minimum Gasteiger partial charge on any atom is -0.494 e. The molecule has 0 aromatic heterocycles. The first-order valence-corrected chi connectivity index (χ1v) is 22.0. The highest BCUT2D eigenvalue weighted by Crippen LogP contribution is 2.67. The SMILES string of the molecule is CCCCOc1ccc(-c2ccc(OCCCCCCO[C@H]3CC[C@@]4(C)C(=CC[C@H]5[C@@H]6CC[C@H]([C@H](C)CCCC(C)C)[C@@]6(C)CC[C@@H]54)C3)cc2)cc1. The van der Waals surface area contributed by atoms with Gasteiger partial charge in [0.2, 0.25) is 0 Å². The molecule has 0 amide bonds. The van der Waals surface area contributed by atoms with E-state index in [1.807, 2.05) is 0 Å². The zero-order chi connectivity index (χ0) is 36.6. The van der Waals surface area contributed by atoms with E-state index in [1.165, 1.54) is 94.6 Å². The number of benzene rings is 2. The van der Waals surface area contributed by atoms with Gasteiger partial charge in [0.25, 0.3) is 0 Å². The number of rotatable bonds is 19. The third-order valence-electron chi connectivity index (χ3n) is 14.7. The van der Waals surface area contributed by atoms with E-state index in [-0.39, 0.29) is 0 Å². The Morgan fingerprint density at radius 1 is 0.673 bits per heavy atom. The molecule has 0 radical (unpaired) electrons. The number of unbranched alkanes of at least 4 members (excludes halogenated alkanes) is 4. The maximum Gasteiger partial charge on any atom is 0.119 e. The van der Waals surface area contributed by atoms with Crippen LogP contribution in [0.15, 0.2) is 60.2 Å².